The number of primary amides is 1. The molecule has 0 heterocycles. The molecule has 1 amide bonds. The first kappa shape index (κ1) is 12.0. The molecule has 0 aromatic heterocycles. The standard InChI is InChI=1S/C15H13NO2/c16-15(18)10-14(17)13-8-4-7-12(9-13)11-5-2-1-3-6-11/h1-9H,10H2,(H2,16,18). The maximum Gasteiger partial charge on any atom is 0.225 e. The molecule has 2 aromatic carbocycles. The Morgan fingerprint density at radius 3 is 2.22 bits per heavy atom. The van der Waals surface area contributed by atoms with Crippen LogP contribution in [0.1, 0.15) is 16.8 Å². The van der Waals surface area contributed by atoms with E-state index in [0.29, 0.717) is 5.56 Å². The zero-order valence-electron chi connectivity index (χ0n) is 9.80. The fraction of sp³-hybridized carbons (Fsp3) is 0.0667. The Kier molecular flexibility index (Phi) is 3.53. The monoisotopic (exact) mass is 239 g/mol. The number of Topliss-reactive ketones (excluding diaryl/α,β-unsaturated/α-hetero) is 1. The number of carbonyl (C=O) groups excluding carboxylic acids is 2. The minimum atomic E-state index is -0.606. The van der Waals surface area contributed by atoms with Gasteiger partial charge >= 0.3 is 0 Å². The van der Waals surface area contributed by atoms with E-state index in [-0.39, 0.29) is 12.2 Å². The summed E-state index contributed by atoms with van der Waals surface area (Å²) in [6, 6.07) is 17.0. The molecule has 3 heteroatoms. The van der Waals surface area contributed by atoms with E-state index in [2.05, 4.69) is 0 Å². The summed E-state index contributed by atoms with van der Waals surface area (Å²) in [7, 11) is 0. The molecule has 0 aliphatic carbocycles. The van der Waals surface area contributed by atoms with Crippen LogP contribution < -0.4 is 5.73 Å². The Morgan fingerprint density at radius 2 is 1.56 bits per heavy atom. The molecule has 90 valence electrons. The van der Waals surface area contributed by atoms with E-state index in [0.717, 1.165) is 11.1 Å². The molecular formula is C15H13NO2. The molecule has 0 fully saturated rings. The minimum Gasteiger partial charge on any atom is -0.369 e. The number of benzene rings is 2. The summed E-state index contributed by atoms with van der Waals surface area (Å²) in [5, 5.41) is 0. The maximum absolute atomic E-state index is 11.7. The van der Waals surface area contributed by atoms with Gasteiger partial charge in [0.25, 0.3) is 0 Å². The summed E-state index contributed by atoms with van der Waals surface area (Å²) in [6.45, 7) is 0. The smallest absolute Gasteiger partial charge is 0.225 e. The zero-order valence-corrected chi connectivity index (χ0v) is 9.80. The largest absolute Gasteiger partial charge is 0.369 e. The van der Waals surface area contributed by atoms with Gasteiger partial charge in [-0.15, -0.1) is 0 Å². The predicted octanol–water partition coefficient (Wildman–Crippen LogP) is 2.41. The van der Waals surface area contributed by atoms with Gasteiger partial charge in [0.05, 0.1) is 6.42 Å². The lowest BCUT2D eigenvalue weighted by molar-refractivity contribution is -0.117. The fourth-order valence-electron chi connectivity index (χ4n) is 1.76. The number of hydrogen-bond donors (Lipinski definition) is 1. The molecule has 2 N–H and O–H groups in total. The number of amides is 1. The van der Waals surface area contributed by atoms with Crippen molar-refractivity contribution in [2.24, 2.45) is 5.73 Å². The maximum atomic E-state index is 11.7. The molecule has 0 bridgehead atoms. The lowest BCUT2D eigenvalue weighted by Gasteiger charge is -2.04. The van der Waals surface area contributed by atoms with Crippen molar-refractivity contribution in [1.82, 2.24) is 0 Å². The van der Waals surface area contributed by atoms with Crippen molar-refractivity contribution in [3.8, 4) is 11.1 Å². The van der Waals surface area contributed by atoms with Crippen LogP contribution in [-0.4, -0.2) is 11.7 Å². The zero-order chi connectivity index (χ0) is 13.0. The molecule has 18 heavy (non-hydrogen) atoms. The van der Waals surface area contributed by atoms with Gasteiger partial charge in [-0.1, -0.05) is 48.5 Å². The third kappa shape index (κ3) is 2.83. The van der Waals surface area contributed by atoms with Gasteiger partial charge < -0.3 is 5.73 Å². The van der Waals surface area contributed by atoms with Gasteiger partial charge in [-0.05, 0) is 17.2 Å². The second-order valence-electron chi connectivity index (χ2n) is 4.01. The lowest BCUT2D eigenvalue weighted by atomic mass is 10.0. The van der Waals surface area contributed by atoms with E-state index >= 15 is 0 Å². The normalized spacial score (nSPS) is 10.0. The van der Waals surface area contributed by atoms with Gasteiger partial charge in [-0.25, -0.2) is 0 Å². The quantitative estimate of drug-likeness (QED) is 0.658. The highest BCUT2D eigenvalue weighted by Crippen LogP contribution is 2.20. The number of rotatable bonds is 4. The van der Waals surface area contributed by atoms with E-state index in [4.69, 9.17) is 5.73 Å². The Bertz CT molecular complexity index is 576. The first-order chi connectivity index (χ1) is 8.66. The summed E-state index contributed by atoms with van der Waals surface area (Å²) < 4.78 is 0. The highest BCUT2D eigenvalue weighted by atomic mass is 16.2. The van der Waals surface area contributed by atoms with Gasteiger partial charge in [0, 0.05) is 5.56 Å². The van der Waals surface area contributed by atoms with Crippen LogP contribution in [0.25, 0.3) is 11.1 Å². The summed E-state index contributed by atoms with van der Waals surface area (Å²) >= 11 is 0. The number of nitrogens with two attached hydrogens (primary N) is 1. The van der Waals surface area contributed by atoms with Crippen LogP contribution in [0.2, 0.25) is 0 Å². The van der Waals surface area contributed by atoms with E-state index in [1.165, 1.54) is 0 Å². The van der Waals surface area contributed by atoms with Gasteiger partial charge in [0.15, 0.2) is 5.78 Å². The number of carbonyl (C=O) groups is 2. The van der Waals surface area contributed by atoms with Gasteiger partial charge in [0.2, 0.25) is 5.91 Å². The number of ketones is 1. The summed E-state index contributed by atoms with van der Waals surface area (Å²) in [5.41, 5.74) is 7.51. The van der Waals surface area contributed by atoms with Gasteiger partial charge in [-0.3, -0.25) is 9.59 Å². The van der Waals surface area contributed by atoms with Crippen LogP contribution in [0.3, 0.4) is 0 Å². The predicted molar refractivity (Wildman–Crippen MR) is 70.0 cm³/mol. The van der Waals surface area contributed by atoms with Crippen molar-refractivity contribution >= 4 is 11.7 Å². The fourth-order valence-corrected chi connectivity index (χ4v) is 1.76. The molecule has 0 atom stereocenters. The number of hydrogen-bond acceptors (Lipinski definition) is 2. The van der Waals surface area contributed by atoms with Crippen LogP contribution >= 0.6 is 0 Å². The highest BCUT2D eigenvalue weighted by molar-refractivity contribution is 6.07. The molecule has 2 rings (SSSR count). The van der Waals surface area contributed by atoms with E-state index in [1.54, 1.807) is 18.2 Å². The molecule has 0 radical (unpaired) electrons. The van der Waals surface area contributed by atoms with Crippen molar-refractivity contribution in [3.05, 3.63) is 60.2 Å². The second kappa shape index (κ2) is 5.27. The third-order valence-electron chi connectivity index (χ3n) is 2.63. The Morgan fingerprint density at radius 1 is 0.889 bits per heavy atom. The molecule has 0 saturated carbocycles. The van der Waals surface area contributed by atoms with Gasteiger partial charge in [-0.2, -0.15) is 0 Å². The van der Waals surface area contributed by atoms with Crippen molar-refractivity contribution in [3.63, 3.8) is 0 Å². The summed E-state index contributed by atoms with van der Waals surface area (Å²) in [5.74, 6) is -0.856. The molecule has 2 aromatic rings. The van der Waals surface area contributed by atoms with E-state index in [9.17, 15) is 9.59 Å². The molecule has 3 nitrogen and oxygen atoms in total. The Balaban J connectivity index is 2.31. The lowest BCUT2D eigenvalue weighted by Crippen LogP contribution is -2.16. The minimum absolute atomic E-state index is 0.250. The van der Waals surface area contributed by atoms with Crippen LogP contribution in [0.4, 0.5) is 0 Å². The highest BCUT2D eigenvalue weighted by Gasteiger charge is 2.09. The van der Waals surface area contributed by atoms with E-state index < -0.39 is 5.91 Å². The third-order valence-corrected chi connectivity index (χ3v) is 2.63. The summed E-state index contributed by atoms with van der Waals surface area (Å²) in [4.78, 5) is 22.5. The van der Waals surface area contributed by atoms with E-state index in [1.807, 2.05) is 36.4 Å². The van der Waals surface area contributed by atoms with Crippen LogP contribution in [-0.2, 0) is 4.79 Å². The van der Waals surface area contributed by atoms with Gasteiger partial charge in [0.1, 0.15) is 0 Å². The van der Waals surface area contributed by atoms with Crippen molar-refractivity contribution in [2.75, 3.05) is 0 Å². The molecule has 0 aliphatic rings. The second-order valence-corrected chi connectivity index (χ2v) is 4.01. The van der Waals surface area contributed by atoms with Crippen LogP contribution in [0, 0.1) is 0 Å². The van der Waals surface area contributed by atoms with Crippen molar-refractivity contribution in [1.29, 1.82) is 0 Å². The first-order valence-corrected chi connectivity index (χ1v) is 5.64. The summed E-state index contributed by atoms with van der Waals surface area (Å²) in [6.07, 6.45) is -0.252. The molecule has 0 unspecified atom stereocenters. The topological polar surface area (TPSA) is 60.2 Å². The average Bonchev–Trinajstić information content (AvgIpc) is 2.39. The molecule has 0 spiro atoms. The van der Waals surface area contributed by atoms with Crippen molar-refractivity contribution < 1.29 is 9.59 Å². The molecule has 0 saturated heterocycles. The average molecular weight is 239 g/mol. The Labute approximate surface area is 105 Å². The Hall–Kier alpha value is -2.42. The van der Waals surface area contributed by atoms with Crippen molar-refractivity contribution in [2.45, 2.75) is 6.42 Å². The molecular weight excluding hydrogens is 226 g/mol. The SMILES string of the molecule is NC(=O)CC(=O)c1cccc(-c2ccccc2)c1. The molecule has 0 aliphatic heterocycles. The van der Waals surface area contributed by atoms with Crippen LogP contribution in [0.15, 0.2) is 54.6 Å². The van der Waals surface area contributed by atoms with Crippen LogP contribution in [0.5, 0.6) is 0 Å². The first-order valence-electron chi connectivity index (χ1n) is 5.64.